The summed E-state index contributed by atoms with van der Waals surface area (Å²) in [6.45, 7) is 3.82. The van der Waals surface area contributed by atoms with Gasteiger partial charge in [0.25, 0.3) is 0 Å². The minimum absolute atomic E-state index is 0.0704. The van der Waals surface area contributed by atoms with Crippen LogP contribution in [0.4, 0.5) is 0 Å². The first kappa shape index (κ1) is 12.2. The van der Waals surface area contributed by atoms with Gasteiger partial charge in [-0.25, -0.2) is 9.97 Å². The summed E-state index contributed by atoms with van der Waals surface area (Å²) < 4.78 is 5.60. The van der Waals surface area contributed by atoms with Gasteiger partial charge in [-0.1, -0.05) is 23.4 Å². The number of nitroso groups, excluding NO2 is 1. The van der Waals surface area contributed by atoms with E-state index in [2.05, 4.69) is 15.1 Å². The topological polar surface area (TPSA) is 64.4 Å². The van der Waals surface area contributed by atoms with E-state index in [-0.39, 0.29) is 12.6 Å². The molecule has 0 N–H and O–H groups in total. The predicted molar refractivity (Wildman–Crippen MR) is 67.5 cm³/mol. The molecule has 18 heavy (non-hydrogen) atoms. The molecule has 0 saturated heterocycles. The Bertz CT molecular complexity index is 550. The summed E-state index contributed by atoms with van der Waals surface area (Å²) in [5.74, 6) is 0.558. The highest BCUT2D eigenvalue weighted by Crippen LogP contribution is 2.23. The Kier molecular flexibility index (Phi) is 3.62. The lowest BCUT2D eigenvalue weighted by Crippen LogP contribution is -1.97. The second kappa shape index (κ2) is 5.35. The van der Waals surface area contributed by atoms with Crippen LogP contribution in [0.1, 0.15) is 17.0 Å². The fourth-order valence-corrected chi connectivity index (χ4v) is 1.64. The average molecular weight is 243 g/mol. The SMILES string of the molecule is Cc1cc(C)nc(Oc2ccccc2CN=O)n1. The van der Waals surface area contributed by atoms with Crippen LogP contribution in [0.2, 0.25) is 0 Å². The Labute approximate surface area is 105 Å². The van der Waals surface area contributed by atoms with Crippen LogP contribution in [0.25, 0.3) is 0 Å². The second-order valence-electron chi connectivity index (χ2n) is 3.93. The number of rotatable bonds is 4. The molecule has 2 rings (SSSR count). The van der Waals surface area contributed by atoms with Crippen molar-refractivity contribution in [3.8, 4) is 11.8 Å². The van der Waals surface area contributed by atoms with E-state index < -0.39 is 0 Å². The number of nitrogens with zero attached hydrogens (tertiary/aromatic N) is 3. The van der Waals surface area contributed by atoms with Gasteiger partial charge in [0.05, 0.1) is 0 Å². The number of aromatic nitrogens is 2. The Balaban J connectivity index is 2.30. The van der Waals surface area contributed by atoms with Gasteiger partial charge in [0.2, 0.25) is 0 Å². The molecule has 0 unspecified atom stereocenters. The summed E-state index contributed by atoms with van der Waals surface area (Å²) in [5.41, 5.74) is 2.39. The van der Waals surface area contributed by atoms with E-state index in [0.29, 0.717) is 5.75 Å². The Morgan fingerprint density at radius 2 is 1.83 bits per heavy atom. The van der Waals surface area contributed by atoms with E-state index in [1.54, 1.807) is 12.1 Å². The maximum absolute atomic E-state index is 10.4. The highest BCUT2D eigenvalue weighted by atomic mass is 16.5. The zero-order valence-corrected chi connectivity index (χ0v) is 10.3. The van der Waals surface area contributed by atoms with Crippen molar-refractivity contribution in [1.82, 2.24) is 9.97 Å². The standard InChI is InChI=1S/C13H13N3O2/c1-9-7-10(2)16-13(15-9)18-12-6-4-3-5-11(12)8-14-17/h3-7H,8H2,1-2H3. The molecule has 0 amide bonds. The van der Waals surface area contributed by atoms with Crippen molar-refractivity contribution in [2.75, 3.05) is 0 Å². The number of hydrogen-bond acceptors (Lipinski definition) is 5. The lowest BCUT2D eigenvalue weighted by Gasteiger charge is -2.08. The summed E-state index contributed by atoms with van der Waals surface area (Å²) in [6, 6.07) is 9.36. The van der Waals surface area contributed by atoms with Crippen LogP contribution in [-0.4, -0.2) is 9.97 Å². The van der Waals surface area contributed by atoms with Crippen LogP contribution in [0, 0.1) is 18.8 Å². The molecule has 2 aromatic rings. The number of aryl methyl sites for hydroxylation is 2. The van der Waals surface area contributed by atoms with Crippen molar-refractivity contribution in [3.63, 3.8) is 0 Å². The minimum atomic E-state index is 0.0704. The number of hydrogen-bond donors (Lipinski definition) is 0. The third kappa shape index (κ3) is 2.88. The van der Waals surface area contributed by atoms with Crippen LogP contribution >= 0.6 is 0 Å². The van der Waals surface area contributed by atoms with E-state index in [1.165, 1.54) is 0 Å². The average Bonchev–Trinajstić information content (AvgIpc) is 2.30. The summed E-state index contributed by atoms with van der Waals surface area (Å²) in [7, 11) is 0. The molecular weight excluding hydrogens is 230 g/mol. The molecule has 0 saturated carbocycles. The first-order valence-corrected chi connectivity index (χ1v) is 5.56. The number of para-hydroxylation sites is 1. The zero-order chi connectivity index (χ0) is 13.0. The quantitative estimate of drug-likeness (QED) is 0.774. The molecule has 92 valence electrons. The lowest BCUT2D eigenvalue weighted by molar-refractivity contribution is 0.434. The molecule has 0 aliphatic heterocycles. The Hall–Kier alpha value is -2.30. The van der Waals surface area contributed by atoms with Gasteiger partial charge in [-0.15, -0.1) is 0 Å². The van der Waals surface area contributed by atoms with Crippen LogP contribution in [0.15, 0.2) is 35.5 Å². The fourth-order valence-electron chi connectivity index (χ4n) is 1.64. The third-order valence-electron chi connectivity index (χ3n) is 2.37. The van der Waals surface area contributed by atoms with Crippen LogP contribution in [-0.2, 0) is 6.54 Å². The molecule has 0 radical (unpaired) electrons. The second-order valence-corrected chi connectivity index (χ2v) is 3.93. The van der Waals surface area contributed by atoms with Crippen molar-refractivity contribution < 1.29 is 4.74 Å². The fraction of sp³-hybridized carbons (Fsp3) is 0.231. The smallest absolute Gasteiger partial charge is 0.322 e. The van der Waals surface area contributed by atoms with Gasteiger partial charge in [-0.3, -0.25) is 0 Å². The van der Waals surface area contributed by atoms with Crippen molar-refractivity contribution in [2.45, 2.75) is 20.4 Å². The summed E-state index contributed by atoms with van der Waals surface area (Å²) in [4.78, 5) is 18.7. The predicted octanol–water partition coefficient (Wildman–Crippen LogP) is 3.15. The van der Waals surface area contributed by atoms with Crippen molar-refractivity contribution in [3.05, 3.63) is 52.2 Å². The van der Waals surface area contributed by atoms with Crippen molar-refractivity contribution in [1.29, 1.82) is 0 Å². The molecule has 1 aromatic heterocycles. The van der Waals surface area contributed by atoms with Gasteiger partial charge in [0, 0.05) is 17.0 Å². The van der Waals surface area contributed by atoms with E-state index in [4.69, 9.17) is 4.74 Å². The van der Waals surface area contributed by atoms with E-state index in [0.717, 1.165) is 17.0 Å². The number of ether oxygens (including phenoxy) is 1. The van der Waals surface area contributed by atoms with Gasteiger partial charge in [-0.2, -0.15) is 4.91 Å². The maximum atomic E-state index is 10.4. The zero-order valence-electron chi connectivity index (χ0n) is 10.3. The molecule has 0 fully saturated rings. The highest BCUT2D eigenvalue weighted by Gasteiger charge is 2.07. The molecule has 1 heterocycles. The van der Waals surface area contributed by atoms with Crippen molar-refractivity contribution in [2.24, 2.45) is 5.18 Å². The minimum Gasteiger partial charge on any atom is -0.424 e. The van der Waals surface area contributed by atoms with Gasteiger partial charge < -0.3 is 4.74 Å². The molecule has 1 aromatic carbocycles. The molecule has 5 nitrogen and oxygen atoms in total. The monoisotopic (exact) mass is 243 g/mol. The molecular formula is C13H13N3O2. The Morgan fingerprint density at radius 3 is 2.50 bits per heavy atom. The maximum Gasteiger partial charge on any atom is 0.322 e. The van der Waals surface area contributed by atoms with Gasteiger partial charge in [-0.05, 0) is 26.0 Å². The molecule has 0 aliphatic carbocycles. The molecule has 5 heteroatoms. The normalized spacial score (nSPS) is 10.1. The van der Waals surface area contributed by atoms with Crippen LogP contribution in [0.5, 0.6) is 11.8 Å². The van der Waals surface area contributed by atoms with E-state index >= 15 is 0 Å². The van der Waals surface area contributed by atoms with Crippen LogP contribution < -0.4 is 4.74 Å². The van der Waals surface area contributed by atoms with E-state index in [9.17, 15) is 4.91 Å². The van der Waals surface area contributed by atoms with Crippen LogP contribution in [0.3, 0.4) is 0 Å². The van der Waals surface area contributed by atoms with E-state index in [1.807, 2.05) is 32.0 Å². The summed E-state index contributed by atoms with van der Waals surface area (Å²) in [6.07, 6.45) is 0. The third-order valence-corrected chi connectivity index (χ3v) is 2.37. The summed E-state index contributed by atoms with van der Waals surface area (Å²) >= 11 is 0. The first-order chi connectivity index (χ1) is 8.69. The molecule has 0 atom stereocenters. The van der Waals surface area contributed by atoms with Gasteiger partial charge in [0.15, 0.2) is 0 Å². The summed E-state index contributed by atoms with van der Waals surface area (Å²) in [5, 5.41) is 2.87. The molecule has 0 aliphatic rings. The largest absolute Gasteiger partial charge is 0.424 e. The first-order valence-electron chi connectivity index (χ1n) is 5.56. The molecule has 0 spiro atoms. The Morgan fingerprint density at radius 1 is 1.17 bits per heavy atom. The van der Waals surface area contributed by atoms with Gasteiger partial charge >= 0.3 is 6.01 Å². The number of benzene rings is 1. The highest BCUT2D eigenvalue weighted by molar-refractivity contribution is 5.35. The van der Waals surface area contributed by atoms with Crippen molar-refractivity contribution >= 4 is 0 Å². The molecule has 0 bridgehead atoms. The van der Waals surface area contributed by atoms with Gasteiger partial charge in [0.1, 0.15) is 12.3 Å². The lowest BCUT2D eigenvalue weighted by atomic mass is 10.2.